The van der Waals surface area contributed by atoms with Gasteiger partial charge in [-0.15, -0.1) is 0 Å². The molecule has 0 saturated heterocycles. The molecule has 0 aliphatic heterocycles. The number of rotatable bonds is 10. The minimum Gasteiger partial charge on any atom is -0.493 e. The number of amides is 1. The highest BCUT2D eigenvalue weighted by atomic mass is 16.5. The van der Waals surface area contributed by atoms with Crippen molar-refractivity contribution in [3.8, 4) is 5.75 Å². The Morgan fingerprint density at radius 3 is 2.87 bits per heavy atom. The molecule has 0 bridgehead atoms. The first-order chi connectivity index (χ1) is 14.5. The van der Waals surface area contributed by atoms with E-state index in [1.807, 2.05) is 24.3 Å². The fourth-order valence-electron chi connectivity index (χ4n) is 3.64. The van der Waals surface area contributed by atoms with E-state index < -0.39 is 0 Å². The number of aromatic amines is 1. The van der Waals surface area contributed by atoms with Crippen LogP contribution in [0.15, 0.2) is 30.5 Å². The van der Waals surface area contributed by atoms with Gasteiger partial charge in [0.1, 0.15) is 5.75 Å². The molecule has 1 aromatic heterocycles. The van der Waals surface area contributed by atoms with E-state index in [-0.39, 0.29) is 11.7 Å². The highest BCUT2D eigenvalue weighted by Gasteiger charge is 2.24. The number of ketones is 1. The van der Waals surface area contributed by atoms with Crippen molar-refractivity contribution in [3.05, 3.63) is 47.3 Å². The number of nitrogens with one attached hydrogen (secondary N) is 3. The van der Waals surface area contributed by atoms with Gasteiger partial charge in [0, 0.05) is 30.1 Å². The van der Waals surface area contributed by atoms with E-state index in [1.165, 1.54) is 6.42 Å². The second-order valence-corrected chi connectivity index (χ2v) is 8.30. The van der Waals surface area contributed by atoms with Gasteiger partial charge in [-0.05, 0) is 63.2 Å². The van der Waals surface area contributed by atoms with Gasteiger partial charge in [0.15, 0.2) is 5.78 Å². The number of Topliss-reactive ketones (excluding diaryl/α,β-unsaturated/α-hetero) is 1. The minimum absolute atomic E-state index is 0.0491. The van der Waals surface area contributed by atoms with Crippen molar-refractivity contribution in [2.75, 3.05) is 25.0 Å². The zero-order valence-corrected chi connectivity index (χ0v) is 18.1. The van der Waals surface area contributed by atoms with Crippen LogP contribution in [0.5, 0.6) is 5.75 Å². The molecule has 2 aromatic rings. The summed E-state index contributed by atoms with van der Waals surface area (Å²) >= 11 is 0. The van der Waals surface area contributed by atoms with Gasteiger partial charge in [-0.2, -0.15) is 0 Å². The van der Waals surface area contributed by atoms with E-state index >= 15 is 0 Å². The molecule has 1 amide bonds. The third-order valence-corrected chi connectivity index (χ3v) is 5.32. The monoisotopic (exact) mass is 411 g/mol. The number of hydrogen-bond donors (Lipinski definition) is 3. The maximum atomic E-state index is 12.8. The van der Waals surface area contributed by atoms with Crippen LogP contribution in [-0.2, 0) is 6.42 Å². The summed E-state index contributed by atoms with van der Waals surface area (Å²) in [6, 6.07) is 7.38. The third kappa shape index (κ3) is 6.20. The summed E-state index contributed by atoms with van der Waals surface area (Å²) in [6.45, 7) is 7.02. The SMILES string of the molecule is CC(C)CCNCCCOc1cccc(NC(=O)c2c[nH]c3c2C(=O)CCCC3)c1. The summed E-state index contributed by atoms with van der Waals surface area (Å²) in [4.78, 5) is 28.3. The number of carbonyl (C=O) groups is 2. The molecule has 0 fully saturated rings. The van der Waals surface area contributed by atoms with Crippen molar-refractivity contribution in [2.24, 2.45) is 5.92 Å². The Labute approximate surface area is 178 Å². The molecule has 6 heteroatoms. The normalized spacial score (nSPS) is 13.8. The second kappa shape index (κ2) is 11.0. The van der Waals surface area contributed by atoms with Crippen LogP contribution in [0.25, 0.3) is 0 Å². The van der Waals surface area contributed by atoms with Crippen LogP contribution < -0.4 is 15.4 Å². The number of ether oxygens (including phenoxy) is 1. The van der Waals surface area contributed by atoms with E-state index in [9.17, 15) is 9.59 Å². The largest absolute Gasteiger partial charge is 0.493 e. The van der Waals surface area contributed by atoms with Crippen LogP contribution in [0.2, 0.25) is 0 Å². The lowest BCUT2D eigenvalue weighted by molar-refractivity contribution is 0.0965. The summed E-state index contributed by atoms with van der Waals surface area (Å²) in [5, 5.41) is 6.32. The number of benzene rings is 1. The molecule has 0 unspecified atom stereocenters. The van der Waals surface area contributed by atoms with Crippen molar-refractivity contribution in [1.82, 2.24) is 10.3 Å². The topological polar surface area (TPSA) is 83.2 Å². The molecule has 30 heavy (non-hydrogen) atoms. The molecule has 162 valence electrons. The standard InChI is InChI=1S/C24H33N3O3/c1-17(2)11-13-25-12-6-14-30-19-8-5-7-18(15-19)27-24(29)20-16-26-21-9-3-4-10-22(28)23(20)21/h5,7-8,15-17,25-26H,3-4,6,9-14H2,1-2H3,(H,27,29). The molecule has 3 rings (SSSR count). The Hall–Kier alpha value is -2.60. The third-order valence-electron chi connectivity index (χ3n) is 5.32. The summed E-state index contributed by atoms with van der Waals surface area (Å²) in [7, 11) is 0. The first kappa shape index (κ1) is 22.1. The van der Waals surface area contributed by atoms with Crippen LogP contribution in [0.1, 0.15) is 72.4 Å². The maximum absolute atomic E-state index is 12.8. The van der Waals surface area contributed by atoms with Crippen molar-refractivity contribution in [3.63, 3.8) is 0 Å². The number of hydrogen-bond acceptors (Lipinski definition) is 4. The van der Waals surface area contributed by atoms with E-state index in [1.54, 1.807) is 6.20 Å². The summed E-state index contributed by atoms with van der Waals surface area (Å²) in [6.07, 6.45) is 6.90. The van der Waals surface area contributed by atoms with Crippen molar-refractivity contribution >= 4 is 17.4 Å². The Balaban J connectivity index is 1.51. The maximum Gasteiger partial charge on any atom is 0.257 e. The van der Waals surface area contributed by atoms with Gasteiger partial charge < -0.3 is 20.4 Å². The fraction of sp³-hybridized carbons (Fsp3) is 0.500. The van der Waals surface area contributed by atoms with Crippen LogP contribution in [0, 0.1) is 5.92 Å². The van der Waals surface area contributed by atoms with Crippen LogP contribution in [-0.4, -0.2) is 36.4 Å². The van der Waals surface area contributed by atoms with Gasteiger partial charge in [-0.25, -0.2) is 0 Å². The van der Waals surface area contributed by atoms with Crippen LogP contribution in [0.3, 0.4) is 0 Å². The highest BCUT2D eigenvalue weighted by molar-refractivity contribution is 6.13. The van der Waals surface area contributed by atoms with Gasteiger partial charge in [-0.1, -0.05) is 19.9 Å². The number of aromatic nitrogens is 1. The van der Waals surface area contributed by atoms with Crippen molar-refractivity contribution < 1.29 is 14.3 Å². The smallest absolute Gasteiger partial charge is 0.257 e. The van der Waals surface area contributed by atoms with Gasteiger partial charge in [0.05, 0.1) is 17.7 Å². The molecule has 0 saturated carbocycles. The molecule has 0 radical (unpaired) electrons. The second-order valence-electron chi connectivity index (χ2n) is 8.30. The molecule has 0 atom stereocenters. The summed E-state index contributed by atoms with van der Waals surface area (Å²) in [5.74, 6) is 1.22. The molecule has 1 heterocycles. The number of aryl methyl sites for hydroxylation is 1. The average molecular weight is 412 g/mol. The predicted molar refractivity (Wildman–Crippen MR) is 120 cm³/mol. The van der Waals surface area contributed by atoms with Crippen LogP contribution >= 0.6 is 0 Å². The van der Waals surface area contributed by atoms with E-state index in [0.717, 1.165) is 50.2 Å². The number of H-pyrrole nitrogens is 1. The Kier molecular flexibility index (Phi) is 8.08. The number of anilines is 1. The van der Waals surface area contributed by atoms with Gasteiger partial charge in [-0.3, -0.25) is 9.59 Å². The fourth-order valence-corrected chi connectivity index (χ4v) is 3.64. The lowest BCUT2D eigenvalue weighted by Gasteiger charge is -2.10. The Morgan fingerprint density at radius 2 is 2.03 bits per heavy atom. The van der Waals surface area contributed by atoms with Crippen molar-refractivity contribution in [2.45, 2.75) is 52.4 Å². The number of fused-ring (bicyclic) bond motifs is 1. The molecule has 1 aromatic carbocycles. The van der Waals surface area contributed by atoms with E-state index in [0.29, 0.717) is 35.8 Å². The highest BCUT2D eigenvalue weighted by Crippen LogP contribution is 2.25. The zero-order chi connectivity index (χ0) is 21.3. The van der Waals surface area contributed by atoms with Gasteiger partial charge >= 0.3 is 0 Å². The van der Waals surface area contributed by atoms with Crippen LogP contribution in [0.4, 0.5) is 5.69 Å². The molecule has 1 aliphatic rings. The van der Waals surface area contributed by atoms with E-state index in [4.69, 9.17) is 4.74 Å². The minimum atomic E-state index is -0.269. The zero-order valence-electron chi connectivity index (χ0n) is 18.1. The molecule has 3 N–H and O–H groups in total. The van der Waals surface area contributed by atoms with E-state index in [2.05, 4.69) is 29.5 Å². The lowest BCUT2D eigenvalue weighted by atomic mass is 10.0. The lowest BCUT2D eigenvalue weighted by Crippen LogP contribution is -2.19. The Bertz CT molecular complexity index is 857. The molecular weight excluding hydrogens is 378 g/mol. The number of carbonyl (C=O) groups excluding carboxylic acids is 2. The van der Waals surface area contributed by atoms with Crippen molar-refractivity contribution in [1.29, 1.82) is 0 Å². The molecule has 6 nitrogen and oxygen atoms in total. The predicted octanol–water partition coefficient (Wildman–Crippen LogP) is 4.58. The van der Waals surface area contributed by atoms with Gasteiger partial charge in [0.2, 0.25) is 0 Å². The average Bonchev–Trinajstić information content (AvgIpc) is 3.06. The molecule has 1 aliphatic carbocycles. The van der Waals surface area contributed by atoms with Gasteiger partial charge in [0.25, 0.3) is 5.91 Å². The Morgan fingerprint density at radius 1 is 1.20 bits per heavy atom. The molecule has 0 spiro atoms. The first-order valence-corrected chi connectivity index (χ1v) is 11.0. The summed E-state index contributed by atoms with van der Waals surface area (Å²) < 4.78 is 5.82. The quantitative estimate of drug-likeness (QED) is 0.395. The first-order valence-electron chi connectivity index (χ1n) is 11.0. The molecular formula is C24H33N3O3. The summed E-state index contributed by atoms with van der Waals surface area (Å²) in [5.41, 5.74) is 2.52.